The van der Waals surface area contributed by atoms with Crippen LogP contribution in [0.4, 0.5) is 11.6 Å². The number of aromatic nitrogens is 3. The van der Waals surface area contributed by atoms with Crippen LogP contribution in [-0.4, -0.2) is 27.2 Å². The zero-order valence-corrected chi connectivity index (χ0v) is 20.1. The van der Waals surface area contributed by atoms with Gasteiger partial charge in [0, 0.05) is 29.4 Å². The van der Waals surface area contributed by atoms with Crippen LogP contribution < -0.4 is 21.3 Å². The van der Waals surface area contributed by atoms with Gasteiger partial charge in [0.25, 0.3) is 5.56 Å². The number of nitrogens with one attached hydrogen (secondary N) is 1. The van der Waals surface area contributed by atoms with Gasteiger partial charge in [0.15, 0.2) is 0 Å². The van der Waals surface area contributed by atoms with Crippen LogP contribution in [0.15, 0.2) is 47.4 Å². The molecule has 2 fully saturated rings. The first-order chi connectivity index (χ1) is 16.5. The Balaban J connectivity index is 1.34. The first kappa shape index (κ1) is 22.8. The molecule has 0 amide bonds. The highest BCUT2D eigenvalue weighted by Crippen LogP contribution is 2.50. The lowest BCUT2D eigenvalue weighted by Crippen LogP contribution is -2.28. The van der Waals surface area contributed by atoms with Crippen LogP contribution in [0.5, 0.6) is 5.75 Å². The molecule has 180 valence electrons. The Hall–Kier alpha value is -2.93. The maximum absolute atomic E-state index is 12.9. The molecule has 1 aromatic carbocycles. The normalized spacial score (nSPS) is 23.2. The Bertz CT molecular complexity index is 1190. The van der Waals surface area contributed by atoms with Crippen molar-refractivity contribution in [2.24, 2.45) is 23.5 Å². The van der Waals surface area contributed by atoms with Crippen LogP contribution >= 0.6 is 0 Å². The molecule has 0 spiro atoms. The van der Waals surface area contributed by atoms with Gasteiger partial charge in [-0.2, -0.15) is 4.98 Å². The van der Waals surface area contributed by atoms with Crippen molar-refractivity contribution < 1.29 is 4.74 Å². The summed E-state index contributed by atoms with van der Waals surface area (Å²) in [4.78, 5) is 22.1. The summed E-state index contributed by atoms with van der Waals surface area (Å²) in [7, 11) is 0. The summed E-state index contributed by atoms with van der Waals surface area (Å²) in [6, 6.07) is 11.6. The largest absolute Gasteiger partial charge is 0.490 e. The smallest absolute Gasteiger partial charge is 0.252 e. The molecule has 34 heavy (non-hydrogen) atoms. The average Bonchev–Trinajstić information content (AvgIpc) is 3.48. The fourth-order valence-electron chi connectivity index (χ4n) is 5.73. The molecular formula is C27H35N5O2. The van der Waals surface area contributed by atoms with Crippen molar-refractivity contribution in [1.29, 1.82) is 0 Å². The molecule has 2 aliphatic carbocycles. The molecule has 3 N–H and O–H groups in total. The Labute approximate surface area is 200 Å². The summed E-state index contributed by atoms with van der Waals surface area (Å²) in [5, 5.41) is 4.19. The second-order valence-corrected chi connectivity index (χ2v) is 10.1. The second-order valence-electron chi connectivity index (χ2n) is 10.1. The minimum Gasteiger partial charge on any atom is -0.490 e. The van der Waals surface area contributed by atoms with Crippen molar-refractivity contribution in [3.8, 4) is 5.75 Å². The predicted molar refractivity (Wildman–Crippen MR) is 136 cm³/mol. The molecule has 2 heterocycles. The van der Waals surface area contributed by atoms with E-state index in [4.69, 9.17) is 15.5 Å². The monoisotopic (exact) mass is 461 g/mol. The van der Waals surface area contributed by atoms with Crippen LogP contribution in [-0.2, 0) is 0 Å². The number of anilines is 2. The quantitative estimate of drug-likeness (QED) is 0.464. The van der Waals surface area contributed by atoms with Gasteiger partial charge in [-0.05, 0) is 86.7 Å². The lowest BCUT2D eigenvalue weighted by atomic mass is 9.95. The van der Waals surface area contributed by atoms with Crippen LogP contribution in [0.2, 0.25) is 0 Å². The minimum absolute atomic E-state index is 0.0330. The van der Waals surface area contributed by atoms with E-state index >= 15 is 0 Å². The van der Waals surface area contributed by atoms with E-state index in [1.165, 1.54) is 19.3 Å². The topological polar surface area (TPSA) is 95.1 Å². The number of benzene rings is 1. The molecule has 5 atom stereocenters. The molecular weight excluding hydrogens is 426 g/mol. The van der Waals surface area contributed by atoms with E-state index in [1.807, 2.05) is 34.9 Å². The Morgan fingerprint density at radius 1 is 1.18 bits per heavy atom. The van der Waals surface area contributed by atoms with E-state index in [0.29, 0.717) is 24.3 Å². The number of hydrogen-bond donors (Lipinski definition) is 2. The summed E-state index contributed by atoms with van der Waals surface area (Å²) >= 11 is 0. The van der Waals surface area contributed by atoms with Crippen molar-refractivity contribution in [1.82, 2.24) is 14.5 Å². The zero-order valence-electron chi connectivity index (χ0n) is 20.1. The molecule has 7 heteroatoms. The highest BCUT2D eigenvalue weighted by Gasteiger charge is 2.41. The highest BCUT2D eigenvalue weighted by molar-refractivity contribution is 5.76. The van der Waals surface area contributed by atoms with Crippen LogP contribution in [0.1, 0.15) is 58.4 Å². The second kappa shape index (κ2) is 9.74. The van der Waals surface area contributed by atoms with E-state index in [9.17, 15) is 4.79 Å². The number of nitrogens with two attached hydrogens (primary N) is 1. The van der Waals surface area contributed by atoms with Gasteiger partial charge in [0.2, 0.25) is 5.95 Å². The maximum atomic E-state index is 12.9. The molecule has 2 saturated carbocycles. The number of pyridine rings is 1. The first-order valence-electron chi connectivity index (χ1n) is 12.7. The summed E-state index contributed by atoms with van der Waals surface area (Å²) in [5.41, 5.74) is 7.40. The van der Waals surface area contributed by atoms with E-state index < -0.39 is 0 Å². The molecule has 0 radical (unpaired) electrons. The number of fused-ring (bicyclic) bond motifs is 3. The number of nitrogens with zero attached hydrogens (tertiary/aromatic N) is 3. The molecule has 2 bridgehead atoms. The summed E-state index contributed by atoms with van der Waals surface area (Å²) < 4.78 is 8.08. The van der Waals surface area contributed by atoms with E-state index in [-0.39, 0.29) is 17.7 Å². The van der Waals surface area contributed by atoms with Crippen molar-refractivity contribution in [2.45, 2.75) is 64.5 Å². The maximum Gasteiger partial charge on any atom is 0.252 e. The van der Waals surface area contributed by atoms with Gasteiger partial charge in [0.1, 0.15) is 11.4 Å². The predicted octanol–water partition coefficient (Wildman–Crippen LogP) is 5.04. The number of ether oxygens (including phenoxy) is 1. The van der Waals surface area contributed by atoms with Gasteiger partial charge in [-0.25, -0.2) is 4.98 Å². The summed E-state index contributed by atoms with van der Waals surface area (Å²) in [6.07, 6.45) is 8.68. The first-order valence-corrected chi connectivity index (χ1v) is 12.7. The molecule has 2 aliphatic rings. The van der Waals surface area contributed by atoms with Gasteiger partial charge in [0.05, 0.1) is 6.10 Å². The molecule has 2 aromatic heterocycles. The molecule has 0 saturated heterocycles. The summed E-state index contributed by atoms with van der Waals surface area (Å²) in [6.45, 7) is 4.96. The van der Waals surface area contributed by atoms with Crippen LogP contribution in [0.3, 0.4) is 0 Å². The standard InChI is InChI=1S/C27H35N5O2/c1-3-22(12-17(2)15-28)34-23-9-7-21(8-10-23)30-27-29-16-20-6-11-25(33)32(26(20)31-27)24-14-18-4-5-19(24)13-18/h6-11,16-19,22,24H,3-5,12-15,28H2,1-2H3,(H,29,30,31). The van der Waals surface area contributed by atoms with Crippen molar-refractivity contribution >= 4 is 22.7 Å². The zero-order chi connectivity index (χ0) is 23.7. The van der Waals surface area contributed by atoms with Gasteiger partial charge >= 0.3 is 0 Å². The van der Waals surface area contributed by atoms with Crippen LogP contribution in [0.25, 0.3) is 11.0 Å². The third kappa shape index (κ3) is 4.67. The molecule has 5 unspecified atom stereocenters. The van der Waals surface area contributed by atoms with Gasteiger partial charge in [-0.1, -0.05) is 20.3 Å². The fraction of sp³-hybridized carbons (Fsp3) is 0.519. The van der Waals surface area contributed by atoms with Gasteiger partial charge in [-0.3, -0.25) is 9.36 Å². The van der Waals surface area contributed by atoms with Gasteiger partial charge in [-0.15, -0.1) is 0 Å². The Morgan fingerprint density at radius 3 is 2.68 bits per heavy atom. The number of hydrogen-bond acceptors (Lipinski definition) is 6. The Kier molecular flexibility index (Phi) is 6.55. The lowest BCUT2D eigenvalue weighted by molar-refractivity contribution is 0.168. The number of rotatable bonds is 9. The van der Waals surface area contributed by atoms with Crippen molar-refractivity contribution in [3.63, 3.8) is 0 Å². The lowest BCUT2D eigenvalue weighted by Gasteiger charge is -2.25. The molecule has 5 rings (SSSR count). The minimum atomic E-state index is 0.0330. The van der Waals surface area contributed by atoms with E-state index in [1.54, 1.807) is 12.3 Å². The molecule has 7 nitrogen and oxygen atoms in total. The Morgan fingerprint density at radius 2 is 2.00 bits per heavy atom. The molecule has 0 aliphatic heterocycles. The van der Waals surface area contributed by atoms with E-state index in [0.717, 1.165) is 47.7 Å². The van der Waals surface area contributed by atoms with Gasteiger partial charge < -0.3 is 15.8 Å². The SMILES string of the molecule is CCC(CC(C)CN)Oc1ccc(Nc2ncc3ccc(=O)n(C4CC5CCC4C5)c3n2)cc1. The molecule has 3 aromatic rings. The average molecular weight is 462 g/mol. The summed E-state index contributed by atoms with van der Waals surface area (Å²) in [5.74, 6) is 3.11. The van der Waals surface area contributed by atoms with Crippen molar-refractivity contribution in [3.05, 3.63) is 52.9 Å². The third-order valence-corrected chi connectivity index (χ3v) is 7.64. The fourth-order valence-corrected chi connectivity index (χ4v) is 5.73. The van der Waals surface area contributed by atoms with E-state index in [2.05, 4.69) is 24.1 Å². The third-order valence-electron chi connectivity index (χ3n) is 7.64. The van der Waals surface area contributed by atoms with Crippen molar-refractivity contribution in [2.75, 3.05) is 11.9 Å². The van der Waals surface area contributed by atoms with Crippen LogP contribution in [0, 0.1) is 17.8 Å². The highest BCUT2D eigenvalue weighted by atomic mass is 16.5.